The summed E-state index contributed by atoms with van der Waals surface area (Å²) in [6.45, 7) is 2.31. The molecule has 0 atom stereocenters. The van der Waals surface area contributed by atoms with Crippen LogP contribution in [0.25, 0.3) is 0 Å². The fraction of sp³-hybridized carbons (Fsp3) is 0.857. The number of hydrazine groups is 1. The molecule has 0 aromatic heterocycles. The highest BCUT2D eigenvalue weighted by atomic mass is 16.7. The molecule has 5 heteroatoms. The minimum atomic E-state index is -0.149. The molecule has 70 valence electrons. The molecule has 0 spiro atoms. The van der Waals surface area contributed by atoms with Gasteiger partial charge in [0.15, 0.2) is 0 Å². The van der Waals surface area contributed by atoms with Crippen molar-refractivity contribution in [3.63, 3.8) is 0 Å². The van der Waals surface area contributed by atoms with Gasteiger partial charge in [-0.25, -0.2) is 5.84 Å². The summed E-state index contributed by atoms with van der Waals surface area (Å²) in [5.41, 5.74) is 2.08. The van der Waals surface area contributed by atoms with E-state index in [1.807, 2.05) is 5.06 Å². The van der Waals surface area contributed by atoms with Gasteiger partial charge >= 0.3 is 0 Å². The molecule has 1 aliphatic heterocycles. The predicted octanol–water partition coefficient (Wildman–Crippen LogP) is -0.606. The van der Waals surface area contributed by atoms with E-state index in [-0.39, 0.29) is 5.91 Å². The Bertz CT molecular complexity index is 146. The Morgan fingerprint density at radius 2 is 2.42 bits per heavy atom. The number of nitrogens with two attached hydrogens (primary N) is 1. The van der Waals surface area contributed by atoms with Crippen LogP contribution >= 0.6 is 0 Å². The van der Waals surface area contributed by atoms with Gasteiger partial charge in [0.1, 0.15) is 0 Å². The lowest BCUT2D eigenvalue weighted by Gasteiger charge is -2.25. The van der Waals surface area contributed by atoms with Crippen molar-refractivity contribution in [3.8, 4) is 0 Å². The highest BCUT2D eigenvalue weighted by Gasteiger charge is 2.11. The highest BCUT2D eigenvalue weighted by Crippen LogP contribution is 2.05. The van der Waals surface area contributed by atoms with E-state index in [9.17, 15) is 4.79 Å². The molecule has 0 aliphatic carbocycles. The normalized spacial score (nSPS) is 19.1. The second-order valence-corrected chi connectivity index (χ2v) is 2.79. The van der Waals surface area contributed by atoms with Gasteiger partial charge in [0.25, 0.3) is 0 Å². The van der Waals surface area contributed by atoms with E-state index in [2.05, 4.69) is 5.43 Å². The molecule has 1 fully saturated rings. The largest absolute Gasteiger partial charge is 0.299 e. The summed E-state index contributed by atoms with van der Waals surface area (Å²) in [6.07, 6.45) is 2.65. The Morgan fingerprint density at radius 3 is 3.00 bits per heavy atom. The van der Waals surface area contributed by atoms with Crippen LogP contribution in [0.4, 0.5) is 0 Å². The molecular formula is C7H15N3O2. The summed E-state index contributed by atoms with van der Waals surface area (Å²) >= 11 is 0. The number of hydrogen-bond acceptors (Lipinski definition) is 4. The van der Waals surface area contributed by atoms with Gasteiger partial charge < -0.3 is 0 Å². The van der Waals surface area contributed by atoms with Crippen molar-refractivity contribution >= 4 is 5.91 Å². The first-order chi connectivity index (χ1) is 5.83. The minimum Gasteiger partial charge on any atom is -0.299 e. The van der Waals surface area contributed by atoms with E-state index < -0.39 is 0 Å². The summed E-state index contributed by atoms with van der Waals surface area (Å²) < 4.78 is 0. The van der Waals surface area contributed by atoms with Gasteiger partial charge in [-0.2, -0.15) is 5.06 Å². The molecular weight excluding hydrogens is 158 g/mol. The SMILES string of the molecule is NNC(=O)CCN1CCCCO1. The maximum absolute atomic E-state index is 10.7. The van der Waals surface area contributed by atoms with Crippen molar-refractivity contribution in [2.45, 2.75) is 19.3 Å². The standard InChI is InChI=1S/C7H15N3O2/c8-9-7(11)3-5-10-4-1-2-6-12-10/h1-6,8H2,(H,9,11). The van der Waals surface area contributed by atoms with Gasteiger partial charge in [0.2, 0.25) is 5.91 Å². The fourth-order valence-electron chi connectivity index (χ4n) is 1.12. The van der Waals surface area contributed by atoms with Crippen LogP contribution in [0.15, 0.2) is 0 Å². The maximum Gasteiger partial charge on any atom is 0.235 e. The quantitative estimate of drug-likeness (QED) is 0.339. The lowest BCUT2D eigenvalue weighted by molar-refractivity contribution is -0.181. The summed E-state index contributed by atoms with van der Waals surface area (Å²) in [5, 5.41) is 1.82. The third kappa shape index (κ3) is 3.17. The van der Waals surface area contributed by atoms with E-state index in [4.69, 9.17) is 10.7 Å². The van der Waals surface area contributed by atoms with Crippen molar-refractivity contribution in [1.29, 1.82) is 0 Å². The molecule has 1 rings (SSSR count). The van der Waals surface area contributed by atoms with Crippen LogP contribution in [0, 0.1) is 0 Å². The zero-order valence-electron chi connectivity index (χ0n) is 7.08. The molecule has 12 heavy (non-hydrogen) atoms. The molecule has 5 nitrogen and oxygen atoms in total. The monoisotopic (exact) mass is 173 g/mol. The molecule has 0 unspecified atom stereocenters. The summed E-state index contributed by atoms with van der Waals surface area (Å²) in [6, 6.07) is 0. The first kappa shape index (κ1) is 9.44. The number of hydroxylamine groups is 2. The number of rotatable bonds is 3. The molecule has 0 bridgehead atoms. The molecule has 1 aliphatic rings. The third-order valence-electron chi connectivity index (χ3n) is 1.82. The van der Waals surface area contributed by atoms with Gasteiger partial charge in [-0.1, -0.05) is 0 Å². The van der Waals surface area contributed by atoms with Crippen molar-refractivity contribution in [2.24, 2.45) is 5.84 Å². The van der Waals surface area contributed by atoms with Crippen LogP contribution in [0.1, 0.15) is 19.3 Å². The Balaban J connectivity index is 2.09. The molecule has 0 aromatic carbocycles. The molecule has 0 radical (unpaired) electrons. The number of amides is 1. The van der Waals surface area contributed by atoms with Crippen LogP contribution < -0.4 is 11.3 Å². The van der Waals surface area contributed by atoms with Gasteiger partial charge in [-0.15, -0.1) is 0 Å². The van der Waals surface area contributed by atoms with Gasteiger partial charge in [-0.05, 0) is 12.8 Å². The van der Waals surface area contributed by atoms with Gasteiger partial charge in [0.05, 0.1) is 6.61 Å². The van der Waals surface area contributed by atoms with Crippen LogP contribution in [-0.2, 0) is 9.63 Å². The second-order valence-electron chi connectivity index (χ2n) is 2.79. The first-order valence-corrected chi connectivity index (χ1v) is 4.20. The molecule has 0 aromatic rings. The second kappa shape index (κ2) is 5.08. The average Bonchev–Trinajstić information content (AvgIpc) is 2.16. The average molecular weight is 173 g/mol. The smallest absolute Gasteiger partial charge is 0.235 e. The highest BCUT2D eigenvalue weighted by molar-refractivity contribution is 5.75. The van der Waals surface area contributed by atoms with Crippen LogP contribution in [0.5, 0.6) is 0 Å². The van der Waals surface area contributed by atoms with Crippen molar-refractivity contribution in [3.05, 3.63) is 0 Å². The van der Waals surface area contributed by atoms with E-state index in [1.54, 1.807) is 0 Å². The molecule has 3 N–H and O–H groups in total. The van der Waals surface area contributed by atoms with Crippen LogP contribution in [-0.4, -0.2) is 30.7 Å². The van der Waals surface area contributed by atoms with Crippen molar-refractivity contribution < 1.29 is 9.63 Å². The Hall–Kier alpha value is -0.650. The topological polar surface area (TPSA) is 67.6 Å². The summed E-state index contributed by atoms with van der Waals surface area (Å²) in [5.74, 6) is 4.78. The molecule has 1 saturated heterocycles. The lowest BCUT2D eigenvalue weighted by Crippen LogP contribution is -2.36. The molecule has 1 amide bonds. The molecule has 1 heterocycles. The number of hydrogen-bond donors (Lipinski definition) is 2. The number of carbonyl (C=O) groups is 1. The van der Waals surface area contributed by atoms with E-state index in [0.717, 1.165) is 26.0 Å². The van der Waals surface area contributed by atoms with E-state index in [1.165, 1.54) is 0 Å². The Kier molecular flexibility index (Phi) is 3.99. The minimum absolute atomic E-state index is 0.149. The van der Waals surface area contributed by atoms with E-state index >= 15 is 0 Å². The van der Waals surface area contributed by atoms with Crippen LogP contribution in [0.3, 0.4) is 0 Å². The summed E-state index contributed by atoms with van der Waals surface area (Å²) in [4.78, 5) is 16.0. The van der Waals surface area contributed by atoms with Crippen molar-refractivity contribution in [1.82, 2.24) is 10.5 Å². The first-order valence-electron chi connectivity index (χ1n) is 4.20. The lowest BCUT2D eigenvalue weighted by atomic mass is 10.3. The fourth-order valence-corrected chi connectivity index (χ4v) is 1.12. The van der Waals surface area contributed by atoms with Crippen LogP contribution in [0.2, 0.25) is 0 Å². The zero-order valence-corrected chi connectivity index (χ0v) is 7.08. The van der Waals surface area contributed by atoms with Gasteiger partial charge in [0, 0.05) is 19.5 Å². The van der Waals surface area contributed by atoms with E-state index in [0.29, 0.717) is 13.0 Å². The van der Waals surface area contributed by atoms with Crippen molar-refractivity contribution in [2.75, 3.05) is 19.7 Å². The third-order valence-corrected chi connectivity index (χ3v) is 1.82. The number of carbonyl (C=O) groups excluding carboxylic acids is 1. The number of nitrogens with one attached hydrogen (secondary N) is 1. The maximum atomic E-state index is 10.7. The predicted molar refractivity (Wildman–Crippen MR) is 43.7 cm³/mol. The zero-order chi connectivity index (χ0) is 8.81. The molecule has 0 saturated carbocycles. The Labute approximate surface area is 71.8 Å². The summed E-state index contributed by atoms with van der Waals surface area (Å²) in [7, 11) is 0. The Morgan fingerprint density at radius 1 is 1.58 bits per heavy atom. The number of nitrogens with zero attached hydrogens (tertiary/aromatic N) is 1. The van der Waals surface area contributed by atoms with Gasteiger partial charge in [-0.3, -0.25) is 15.1 Å².